The minimum atomic E-state index is 0. The van der Waals surface area contributed by atoms with Crippen LogP contribution in [-0.4, -0.2) is 46.4 Å². The van der Waals surface area contributed by atoms with Crippen LogP contribution in [-0.2, 0) is 11.3 Å². The fraction of sp³-hybridized carbons (Fsp3) is 0.632. The highest BCUT2D eigenvalue weighted by molar-refractivity contribution is 14.0. The van der Waals surface area contributed by atoms with Crippen LogP contribution in [0.25, 0.3) is 11.6 Å². The summed E-state index contributed by atoms with van der Waals surface area (Å²) in [4.78, 5) is 9.13. The van der Waals surface area contributed by atoms with Crippen LogP contribution in [0.4, 0.5) is 0 Å². The van der Waals surface area contributed by atoms with E-state index in [1.165, 1.54) is 19.3 Å². The second-order valence-corrected chi connectivity index (χ2v) is 7.24. The van der Waals surface area contributed by atoms with E-state index >= 15 is 0 Å². The standard InChI is InChI=1S/C19H28N6O2.HI/c1-3-20-18(22-14-11-15(26-4-2)19(14)8-6-9-19)21-12-16-23-17(25-24-16)13-7-5-10-27-13;/h5,7,10,14-15H,3-4,6,8-9,11-12H2,1-2H3,(H2,20,21,22)(H,23,24,25);1H. The molecule has 8 nitrogen and oxygen atoms in total. The van der Waals surface area contributed by atoms with Gasteiger partial charge >= 0.3 is 0 Å². The molecule has 2 aromatic heterocycles. The molecule has 0 aliphatic heterocycles. The number of hydrogen-bond donors (Lipinski definition) is 3. The summed E-state index contributed by atoms with van der Waals surface area (Å²) < 4.78 is 11.3. The number of aliphatic imine (C=N–C) groups is 1. The number of aromatic nitrogens is 3. The van der Waals surface area contributed by atoms with Crippen molar-refractivity contribution < 1.29 is 9.15 Å². The molecular weight excluding hydrogens is 471 g/mol. The number of halogens is 1. The van der Waals surface area contributed by atoms with Crippen molar-refractivity contribution in [3.05, 3.63) is 24.2 Å². The second-order valence-electron chi connectivity index (χ2n) is 7.24. The number of ether oxygens (including phenoxy) is 1. The number of guanidine groups is 1. The first-order valence-corrected chi connectivity index (χ1v) is 9.86. The third-order valence-corrected chi connectivity index (χ3v) is 5.75. The largest absolute Gasteiger partial charge is 0.461 e. The van der Waals surface area contributed by atoms with Crippen molar-refractivity contribution in [1.29, 1.82) is 0 Å². The van der Waals surface area contributed by atoms with Gasteiger partial charge in [-0.05, 0) is 45.2 Å². The summed E-state index contributed by atoms with van der Waals surface area (Å²) >= 11 is 0. The monoisotopic (exact) mass is 500 g/mol. The van der Waals surface area contributed by atoms with Crippen LogP contribution in [0.2, 0.25) is 0 Å². The molecule has 2 fully saturated rings. The molecule has 4 rings (SSSR count). The molecule has 2 aromatic rings. The number of aromatic amines is 1. The SMILES string of the molecule is CCNC(=NCc1nc(-c2ccco2)n[nH]1)NC1CC(OCC)C12CCC2.I. The Balaban J connectivity index is 0.00000225. The molecule has 1 spiro atoms. The Labute approximate surface area is 182 Å². The van der Waals surface area contributed by atoms with Gasteiger partial charge in [0.2, 0.25) is 5.82 Å². The van der Waals surface area contributed by atoms with Crippen molar-refractivity contribution in [3.63, 3.8) is 0 Å². The van der Waals surface area contributed by atoms with Gasteiger partial charge in [-0.1, -0.05) is 6.42 Å². The van der Waals surface area contributed by atoms with E-state index in [9.17, 15) is 0 Å². The van der Waals surface area contributed by atoms with E-state index in [1.54, 1.807) is 6.26 Å². The van der Waals surface area contributed by atoms with Gasteiger partial charge < -0.3 is 19.8 Å². The molecule has 0 aromatic carbocycles. The molecule has 154 valence electrons. The molecule has 2 atom stereocenters. The predicted molar refractivity (Wildman–Crippen MR) is 118 cm³/mol. The first kappa shape index (κ1) is 21.1. The van der Waals surface area contributed by atoms with Crippen molar-refractivity contribution in [2.45, 2.75) is 58.2 Å². The third kappa shape index (κ3) is 4.05. The number of H-pyrrole nitrogens is 1. The molecule has 3 N–H and O–H groups in total. The molecule has 2 heterocycles. The maximum absolute atomic E-state index is 5.94. The number of furan rings is 1. The van der Waals surface area contributed by atoms with Gasteiger partial charge in [0, 0.05) is 24.6 Å². The summed E-state index contributed by atoms with van der Waals surface area (Å²) in [5, 5.41) is 14.1. The zero-order valence-electron chi connectivity index (χ0n) is 16.4. The van der Waals surface area contributed by atoms with Crippen molar-refractivity contribution >= 4 is 29.9 Å². The van der Waals surface area contributed by atoms with Crippen molar-refractivity contribution in [2.24, 2.45) is 10.4 Å². The molecule has 2 aliphatic rings. The number of nitrogens with one attached hydrogen (secondary N) is 3. The van der Waals surface area contributed by atoms with Crippen LogP contribution in [0, 0.1) is 5.41 Å². The summed E-state index contributed by atoms with van der Waals surface area (Å²) in [5.74, 6) is 2.72. The van der Waals surface area contributed by atoms with E-state index in [-0.39, 0.29) is 24.0 Å². The lowest BCUT2D eigenvalue weighted by molar-refractivity contribution is -0.168. The quantitative estimate of drug-likeness (QED) is 0.307. The lowest BCUT2D eigenvalue weighted by atomic mass is 9.51. The van der Waals surface area contributed by atoms with E-state index in [1.807, 2.05) is 12.1 Å². The Kier molecular flexibility index (Phi) is 6.97. The Bertz CT molecular complexity index is 771. The van der Waals surface area contributed by atoms with Crippen LogP contribution in [0.1, 0.15) is 45.4 Å². The molecule has 9 heteroatoms. The smallest absolute Gasteiger partial charge is 0.216 e. The first-order chi connectivity index (χ1) is 13.2. The van der Waals surface area contributed by atoms with Crippen LogP contribution < -0.4 is 10.6 Å². The maximum atomic E-state index is 5.94. The second kappa shape index (κ2) is 9.25. The molecule has 0 amide bonds. The van der Waals surface area contributed by atoms with Gasteiger partial charge in [0.1, 0.15) is 12.4 Å². The van der Waals surface area contributed by atoms with Crippen LogP contribution in [0.3, 0.4) is 0 Å². The van der Waals surface area contributed by atoms with E-state index in [0.29, 0.717) is 41.5 Å². The maximum Gasteiger partial charge on any atom is 0.216 e. The van der Waals surface area contributed by atoms with Crippen LogP contribution in [0.15, 0.2) is 27.8 Å². The predicted octanol–water partition coefficient (Wildman–Crippen LogP) is 3.09. The highest BCUT2D eigenvalue weighted by atomic mass is 127. The van der Waals surface area contributed by atoms with Gasteiger partial charge in [-0.25, -0.2) is 9.98 Å². The van der Waals surface area contributed by atoms with Gasteiger partial charge in [-0.2, -0.15) is 0 Å². The average Bonchev–Trinajstić information content (AvgIpc) is 3.28. The van der Waals surface area contributed by atoms with Crippen LogP contribution >= 0.6 is 24.0 Å². The summed E-state index contributed by atoms with van der Waals surface area (Å²) in [6.45, 7) is 6.18. The van der Waals surface area contributed by atoms with Gasteiger partial charge in [0.15, 0.2) is 11.7 Å². The first-order valence-electron chi connectivity index (χ1n) is 9.86. The fourth-order valence-electron chi connectivity index (χ4n) is 4.16. The average molecular weight is 500 g/mol. The number of nitrogens with zero attached hydrogens (tertiary/aromatic N) is 3. The van der Waals surface area contributed by atoms with Crippen molar-refractivity contribution in [3.8, 4) is 11.6 Å². The van der Waals surface area contributed by atoms with Gasteiger partial charge in [-0.15, -0.1) is 29.1 Å². The van der Waals surface area contributed by atoms with Crippen LogP contribution in [0.5, 0.6) is 0 Å². The van der Waals surface area contributed by atoms with E-state index < -0.39 is 0 Å². The minimum absolute atomic E-state index is 0. The summed E-state index contributed by atoms with van der Waals surface area (Å²) in [6, 6.07) is 4.08. The zero-order chi connectivity index (χ0) is 18.7. The molecule has 0 radical (unpaired) electrons. The lowest BCUT2D eigenvalue weighted by Crippen LogP contribution is -2.68. The van der Waals surface area contributed by atoms with Gasteiger partial charge in [0.05, 0.1) is 12.4 Å². The molecular formula is C19H29IN6O2. The fourth-order valence-corrected chi connectivity index (χ4v) is 4.16. The topological polar surface area (TPSA) is 100 Å². The van der Waals surface area contributed by atoms with Crippen molar-refractivity contribution in [2.75, 3.05) is 13.2 Å². The summed E-state index contributed by atoms with van der Waals surface area (Å²) in [5.41, 5.74) is 0.297. The van der Waals surface area contributed by atoms with Gasteiger partial charge in [0.25, 0.3) is 0 Å². The molecule has 28 heavy (non-hydrogen) atoms. The summed E-state index contributed by atoms with van der Waals surface area (Å²) in [7, 11) is 0. The highest BCUT2D eigenvalue weighted by Gasteiger charge is 2.59. The Morgan fingerprint density at radius 3 is 2.93 bits per heavy atom. The molecule has 2 unspecified atom stereocenters. The van der Waals surface area contributed by atoms with E-state index in [0.717, 1.165) is 25.5 Å². The zero-order valence-corrected chi connectivity index (χ0v) is 18.7. The number of hydrogen-bond acceptors (Lipinski definition) is 5. The van der Waals surface area contributed by atoms with Crippen molar-refractivity contribution in [1.82, 2.24) is 25.8 Å². The molecule has 2 saturated carbocycles. The molecule has 2 aliphatic carbocycles. The lowest BCUT2D eigenvalue weighted by Gasteiger charge is -2.61. The minimum Gasteiger partial charge on any atom is -0.461 e. The third-order valence-electron chi connectivity index (χ3n) is 5.75. The Morgan fingerprint density at radius 1 is 1.43 bits per heavy atom. The molecule has 0 bridgehead atoms. The van der Waals surface area contributed by atoms with Gasteiger partial charge in [-0.3, -0.25) is 5.10 Å². The highest BCUT2D eigenvalue weighted by Crippen LogP contribution is 2.57. The number of rotatable bonds is 7. The van der Waals surface area contributed by atoms with E-state index in [4.69, 9.17) is 9.15 Å². The Hall–Kier alpha value is -1.62. The van der Waals surface area contributed by atoms with E-state index in [2.05, 4.69) is 44.7 Å². The Morgan fingerprint density at radius 2 is 2.29 bits per heavy atom. The summed E-state index contributed by atoms with van der Waals surface area (Å²) in [6.07, 6.45) is 6.82. The normalized spacial score (nSPS) is 22.9. The molecule has 0 saturated heterocycles.